The van der Waals surface area contributed by atoms with Crippen molar-refractivity contribution in [3.05, 3.63) is 0 Å². The summed E-state index contributed by atoms with van der Waals surface area (Å²) in [7, 11) is 0. The molecule has 1 saturated carbocycles. The Morgan fingerprint density at radius 3 is 2.80 bits per heavy atom. The maximum absolute atomic E-state index is 5.94. The summed E-state index contributed by atoms with van der Waals surface area (Å²) in [4.78, 5) is 0. The van der Waals surface area contributed by atoms with Gasteiger partial charge in [-0.2, -0.15) is 0 Å². The van der Waals surface area contributed by atoms with Crippen molar-refractivity contribution in [2.75, 3.05) is 5.75 Å². The fourth-order valence-corrected chi connectivity index (χ4v) is 3.17. The second-order valence-corrected chi connectivity index (χ2v) is 6.50. The SMILES string of the molecule is CC(C)n1nnnc1SC[C@@H]1CC1(Cl)Cl. The second-order valence-electron chi connectivity index (χ2n) is 3.97. The Morgan fingerprint density at radius 2 is 2.27 bits per heavy atom. The molecule has 1 fully saturated rings. The van der Waals surface area contributed by atoms with Gasteiger partial charge in [-0.25, -0.2) is 4.68 Å². The van der Waals surface area contributed by atoms with Gasteiger partial charge in [0.15, 0.2) is 0 Å². The van der Waals surface area contributed by atoms with E-state index in [1.165, 1.54) is 0 Å². The number of thioether (sulfide) groups is 1. The summed E-state index contributed by atoms with van der Waals surface area (Å²) in [6, 6.07) is 0.276. The lowest BCUT2D eigenvalue weighted by atomic mass is 10.4. The Balaban J connectivity index is 1.91. The van der Waals surface area contributed by atoms with E-state index in [1.807, 2.05) is 13.8 Å². The maximum Gasteiger partial charge on any atom is 0.209 e. The molecular formula is C8H12Cl2N4S. The fourth-order valence-electron chi connectivity index (χ4n) is 1.23. The highest BCUT2D eigenvalue weighted by Gasteiger charge is 2.51. The molecule has 1 aliphatic carbocycles. The zero-order valence-corrected chi connectivity index (χ0v) is 10.9. The zero-order valence-electron chi connectivity index (χ0n) is 8.52. The maximum atomic E-state index is 5.94. The first-order valence-corrected chi connectivity index (χ1v) is 6.53. The average molecular weight is 267 g/mol. The van der Waals surface area contributed by atoms with Gasteiger partial charge >= 0.3 is 0 Å². The highest BCUT2D eigenvalue weighted by molar-refractivity contribution is 7.99. The van der Waals surface area contributed by atoms with Crippen molar-refractivity contribution in [3.8, 4) is 0 Å². The minimum absolute atomic E-state index is 0.276. The van der Waals surface area contributed by atoms with E-state index < -0.39 is 4.33 Å². The standard InChI is InChI=1S/C8H12Cl2N4S/c1-5(2)14-7(11-12-13-14)15-4-6-3-8(6,9)10/h5-6H,3-4H2,1-2H3/t6-/m0/s1. The van der Waals surface area contributed by atoms with Crippen LogP contribution in [0.25, 0.3) is 0 Å². The van der Waals surface area contributed by atoms with E-state index in [2.05, 4.69) is 15.5 Å². The summed E-state index contributed by atoms with van der Waals surface area (Å²) in [5.41, 5.74) is 0. The van der Waals surface area contributed by atoms with Crippen LogP contribution in [0.4, 0.5) is 0 Å². The van der Waals surface area contributed by atoms with Crippen LogP contribution in [0.2, 0.25) is 0 Å². The third-order valence-electron chi connectivity index (χ3n) is 2.32. The van der Waals surface area contributed by atoms with Crippen LogP contribution in [0.5, 0.6) is 0 Å². The number of hydrogen-bond acceptors (Lipinski definition) is 4. The molecule has 84 valence electrons. The lowest BCUT2D eigenvalue weighted by Crippen LogP contribution is -2.05. The van der Waals surface area contributed by atoms with Gasteiger partial charge in [0, 0.05) is 11.7 Å². The summed E-state index contributed by atoms with van der Waals surface area (Å²) < 4.78 is 1.29. The number of halogens is 2. The van der Waals surface area contributed by atoms with Gasteiger partial charge in [-0.3, -0.25) is 0 Å². The van der Waals surface area contributed by atoms with Gasteiger partial charge in [0.05, 0.1) is 6.04 Å². The van der Waals surface area contributed by atoms with Crippen molar-refractivity contribution >= 4 is 35.0 Å². The van der Waals surface area contributed by atoms with Gasteiger partial charge in [0.2, 0.25) is 5.16 Å². The lowest BCUT2D eigenvalue weighted by Gasteiger charge is -2.06. The van der Waals surface area contributed by atoms with Gasteiger partial charge in [0.1, 0.15) is 4.33 Å². The van der Waals surface area contributed by atoms with Crippen LogP contribution in [0.15, 0.2) is 5.16 Å². The number of tetrazole rings is 1. The van der Waals surface area contributed by atoms with Crippen molar-refractivity contribution in [1.29, 1.82) is 0 Å². The van der Waals surface area contributed by atoms with Gasteiger partial charge in [-0.15, -0.1) is 28.3 Å². The van der Waals surface area contributed by atoms with Gasteiger partial charge in [-0.1, -0.05) is 11.8 Å². The zero-order chi connectivity index (χ0) is 11.1. The van der Waals surface area contributed by atoms with Crippen molar-refractivity contribution < 1.29 is 0 Å². The Hall–Kier alpha value is -0.000000000000000111. The van der Waals surface area contributed by atoms with E-state index in [0.717, 1.165) is 17.3 Å². The van der Waals surface area contributed by atoms with Crippen LogP contribution in [-0.2, 0) is 0 Å². The third kappa shape index (κ3) is 2.57. The molecule has 2 rings (SSSR count). The molecule has 1 heterocycles. The molecule has 0 saturated heterocycles. The van der Waals surface area contributed by atoms with E-state index in [4.69, 9.17) is 23.2 Å². The molecule has 7 heteroatoms. The molecule has 0 radical (unpaired) electrons. The largest absolute Gasteiger partial charge is 0.218 e. The van der Waals surface area contributed by atoms with Crippen LogP contribution in [0, 0.1) is 5.92 Å². The van der Waals surface area contributed by atoms with E-state index in [-0.39, 0.29) is 6.04 Å². The lowest BCUT2D eigenvalue weighted by molar-refractivity contribution is 0.477. The first-order chi connectivity index (χ1) is 7.00. The highest BCUT2D eigenvalue weighted by atomic mass is 35.5. The molecule has 0 bridgehead atoms. The van der Waals surface area contributed by atoms with E-state index in [1.54, 1.807) is 16.4 Å². The van der Waals surface area contributed by atoms with E-state index in [0.29, 0.717) is 5.92 Å². The summed E-state index contributed by atoms with van der Waals surface area (Å²) >= 11 is 13.5. The highest BCUT2D eigenvalue weighted by Crippen LogP contribution is 2.54. The van der Waals surface area contributed by atoms with Crippen molar-refractivity contribution in [2.24, 2.45) is 5.92 Å². The number of hydrogen-bond donors (Lipinski definition) is 0. The average Bonchev–Trinajstić information content (AvgIpc) is 2.63. The molecule has 1 aliphatic rings. The third-order valence-corrected chi connectivity index (χ3v) is 4.34. The predicted octanol–water partition coefficient (Wildman–Crippen LogP) is 2.54. The molecule has 1 aromatic heterocycles. The molecule has 15 heavy (non-hydrogen) atoms. The number of rotatable bonds is 4. The molecule has 1 atom stereocenters. The van der Waals surface area contributed by atoms with Crippen LogP contribution in [-0.4, -0.2) is 30.3 Å². The number of aromatic nitrogens is 4. The van der Waals surface area contributed by atoms with Crippen molar-refractivity contribution in [2.45, 2.75) is 35.8 Å². The number of nitrogens with zero attached hydrogens (tertiary/aromatic N) is 4. The van der Waals surface area contributed by atoms with Crippen LogP contribution in [0.3, 0.4) is 0 Å². The Labute approximate surface area is 103 Å². The molecule has 1 aromatic rings. The van der Waals surface area contributed by atoms with E-state index >= 15 is 0 Å². The smallest absolute Gasteiger partial charge is 0.209 e. The molecule has 0 aliphatic heterocycles. The van der Waals surface area contributed by atoms with Gasteiger partial charge in [-0.05, 0) is 30.7 Å². The van der Waals surface area contributed by atoms with Crippen LogP contribution in [0.1, 0.15) is 26.3 Å². The molecule has 0 unspecified atom stereocenters. The minimum Gasteiger partial charge on any atom is -0.218 e. The Bertz CT molecular complexity index is 352. The van der Waals surface area contributed by atoms with E-state index in [9.17, 15) is 0 Å². The van der Waals surface area contributed by atoms with Gasteiger partial charge in [0.25, 0.3) is 0 Å². The molecular weight excluding hydrogens is 255 g/mol. The molecule has 0 amide bonds. The molecule has 4 nitrogen and oxygen atoms in total. The predicted molar refractivity (Wildman–Crippen MR) is 61.5 cm³/mol. The fraction of sp³-hybridized carbons (Fsp3) is 0.875. The first kappa shape index (κ1) is 11.5. The topological polar surface area (TPSA) is 43.6 Å². The molecule has 0 spiro atoms. The second kappa shape index (κ2) is 4.11. The summed E-state index contributed by atoms with van der Waals surface area (Å²) in [6.45, 7) is 4.09. The summed E-state index contributed by atoms with van der Waals surface area (Å²) in [5, 5.41) is 12.4. The first-order valence-electron chi connectivity index (χ1n) is 4.79. The number of alkyl halides is 2. The minimum atomic E-state index is -0.511. The molecule has 0 aromatic carbocycles. The Morgan fingerprint density at radius 1 is 1.60 bits per heavy atom. The monoisotopic (exact) mass is 266 g/mol. The van der Waals surface area contributed by atoms with Gasteiger partial charge < -0.3 is 0 Å². The Kier molecular flexibility index (Phi) is 3.14. The van der Waals surface area contributed by atoms with Crippen LogP contribution >= 0.6 is 35.0 Å². The quantitative estimate of drug-likeness (QED) is 0.621. The normalized spacial score (nSPS) is 23.4. The van der Waals surface area contributed by atoms with Crippen molar-refractivity contribution in [1.82, 2.24) is 20.2 Å². The summed E-state index contributed by atoms with van der Waals surface area (Å²) in [5.74, 6) is 1.24. The summed E-state index contributed by atoms with van der Waals surface area (Å²) in [6.07, 6.45) is 0.867. The van der Waals surface area contributed by atoms with Crippen LogP contribution < -0.4 is 0 Å². The van der Waals surface area contributed by atoms with Crippen molar-refractivity contribution in [3.63, 3.8) is 0 Å². The molecule has 0 N–H and O–H groups in total.